The van der Waals surface area contributed by atoms with E-state index in [1.807, 2.05) is 44.1 Å². The highest BCUT2D eigenvalue weighted by atomic mass is 79.9. The number of halogens is 1. The van der Waals surface area contributed by atoms with Gasteiger partial charge < -0.3 is 10.2 Å². The summed E-state index contributed by atoms with van der Waals surface area (Å²) < 4.78 is 1.92. The van der Waals surface area contributed by atoms with Crippen molar-refractivity contribution in [1.82, 2.24) is 15.0 Å². The van der Waals surface area contributed by atoms with Crippen molar-refractivity contribution in [2.45, 2.75) is 11.9 Å². The molecule has 9 heteroatoms. The van der Waals surface area contributed by atoms with Crippen LogP contribution in [0.25, 0.3) is 10.3 Å². The first-order chi connectivity index (χ1) is 11.9. The number of rotatable bonds is 5. The highest BCUT2D eigenvalue weighted by Crippen LogP contribution is 2.32. The van der Waals surface area contributed by atoms with E-state index in [1.54, 1.807) is 0 Å². The fourth-order valence-electron chi connectivity index (χ4n) is 2.07. The number of carbonyl (C=O) groups excluding carboxylic acids is 1. The molecule has 0 bridgehead atoms. The number of thioether (sulfide) groups is 1. The Balaban J connectivity index is 1.69. The summed E-state index contributed by atoms with van der Waals surface area (Å²) in [6.07, 6.45) is 1.49. The molecule has 0 saturated heterocycles. The standard InChI is InChI=1S/C16H16BrN5OS2/c1-9-6-10(4-5-11(9)17)20-12(23)7-24-15-13-14(18-8-19-15)21-16(25-13)22(2)3/h4-6,8H,7H2,1-3H3,(H,20,23). The Labute approximate surface area is 162 Å². The fraction of sp³-hybridized carbons (Fsp3) is 0.250. The minimum absolute atomic E-state index is 0.0733. The van der Waals surface area contributed by atoms with Crippen LogP contribution in [0.15, 0.2) is 34.0 Å². The van der Waals surface area contributed by atoms with E-state index >= 15 is 0 Å². The molecule has 0 aliphatic heterocycles. The zero-order valence-electron chi connectivity index (χ0n) is 13.9. The molecule has 0 spiro atoms. The number of hydrogen-bond acceptors (Lipinski definition) is 7. The topological polar surface area (TPSA) is 71.0 Å². The summed E-state index contributed by atoms with van der Waals surface area (Å²) in [4.78, 5) is 27.1. The molecular formula is C16H16BrN5OS2. The van der Waals surface area contributed by atoms with Gasteiger partial charge in [0.2, 0.25) is 5.91 Å². The second-order valence-electron chi connectivity index (χ2n) is 5.52. The largest absolute Gasteiger partial charge is 0.354 e. The van der Waals surface area contributed by atoms with E-state index in [4.69, 9.17) is 0 Å². The molecule has 1 aromatic carbocycles. The number of aromatic nitrogens is 3. The van der Waals surface area contributed by atoms with Gasteiger partial charge in [-0.2, -0.15) is 4.98 Å². The number of amides is 1. The van der Waals surface area contributed by atoms with E-state index < -0.39 is 0 Å². The van der Waals surface area contributed by atoms with Crippen molar-refractivity contribution in [3.63, 3.8) is 0 Å². The molecule has 0 atom stereocenters. The van der Waals surface area contributed by atoms with Gasteiger partial charge in [0.25, 0.3) is 0 Å². The van der Waals surface area contributed by atoms with E-state index in [9.17, 15) is 4.79 Å². The van der Waals surface area contributed by atoms with Gasteiger partial charge in [-0.1, -0.05) is 39.0 Å². The van der Waals surface area contributed by atoms with Crippen molar-refractivity contribution in [3.8, 4) is 0 Å². The maximum atomic E-state index is 12.2. The van der Waals surface area contributed by atoms with Gasteiger partial charge in [0.1, 0.15) is 16.1 Å². The Bertz CT molecular complexity index is 928. The van der Waals surface area contributed by atoms with Crippen molar-refractivity contribution >= 4 is 66.1 Å². The Morgan fingerprint density at radius 1 is 1.36 bits per heavy atom. The zero-order valence-corrected chi connectivity index (χ0v) is 17.1. The van der Waals surface area contributed by atoms with Crippen molar-refractivity contribution in [3.05, 3.63) is 34.6 Å². The summed E-state index contributed by atoms with van der Waals surface area (Å²) in [6.45, 7) is 1.98. The van der Waals surface area contributed by atoms with Crippen LogP contribution in [0.4, 0.5) is 10.8 Å². The molecular weight excluding hydrogens is 422 g/mol. The maximum Gasteiger partial charge on any atom is 0.234 e. The lowest BCUT2D eigenvalue weighted by atomic mass is 10.2. The van der Waals surface area contributed by atoms with Crippen molar-refractivity contribution in [2.75, 3.05) is 30.1 Å². The minimum Gasteiger partial charge on any atom is -0.354 e. The van der Waals surface area contributed by atoms with Crippen LogP contribution < -0.4 is 10.2 Å². The highest BCUT2D eigenvalue weighted by molar-refractivity contribution is 9.10. The smallest absolute Gasteiger partial charge is 0.234 e. The summed E-state index contributed by atoms with van der Waals surface area (Å²) in [6, 6.07) is 5.73. The predicted octanol–water partition coefficient (Wildman–Crippen LogP) is 3.95. The number of hydrogen-bond donors (Lipinski definition) is 1. The number of anilines is 2. The average Bonchev–Trinajstić information content (AvgIpc) is 3.01. The Kier molecular flexibility index (Phi) is 5.55. The van der Waals surface area contributed by atoms with Gasteiger partial charge in [-0.25, -0.2) is 9.97 Å². The summed E-state index contributed by atoms with van der Waals surface area (Å²) >= 11 is 6.37. The van der Waals surface area contributed by atoms with Gasteiger partial charge >= 0.3 is 0 Å². The molecule has 3 aromatic rings. The molecule has 1 N–H and O–H groups in total. The van der Waals surface area contributed by atoms with Crippen molar-refractivity contribution < 1.29 is 4.79 Å². The lowest BCUT2D eigenvalue weighted by Gasteiger charge is -2.07. The fourth-order valence-corrected chi connectivity index (χ4v) is 4.13. The Morgan fingerprint density at radius 3 is 2.88 bits per heavy atom. The van der Waals surface area contributed by atoms with Gasteiger partial charge in [0.15, 0.2) is 10.8 Å². The minimum atomic E-state index is -0.0733. The van der Waals surface area contributed by atoms with Crippen LogP contribution in [0.3, 0.4) is 0 Å². The van der Waals surface area contributed by atoms with Crippen LogP contribution in [0.1, 0.15) is 5.56 Å². The first kappa shape index (κ1) is 18.1. The van der Waals surface area contributed by atoms with Crippen molar-refractivity contribution in [2.24, 2.45) is 0 Å². The summed E-state index contributed by atoms with van der Waals surface area (Å²) in [5, 5.41) is 4.55. The molecule has 1 amide bonds. The number of nitrogens with zero attached hydrogens (tertiary/aromatic N) is 4. The average molecular weight is 438 g/mol. The van der Waals surface area contributed by atoms with Crippen LogP contribution >= 0.6 is 39.0 Å². The molecule has 0 fully saturated rings. The molecule has 0 aliphatic carbocycles. The highest BCUT2D eigenvalue weighted by Gasteiger charge is 2.13. The Hall–Kier alpha value is -1.71. The molecule has 0 radical (unpaired) electrons. The second kappa shape index (κ2) is 7.67. The van der Waals surface area contributed by atoms with Gasteiger partial charge in [-0.3, -0.25) is 4.79 Å². The molecule has 0 unspecified atom stereocenters. The van der Waals surface area contributed by atoms with E-state index in [0.29, 0.717) is 5.65 Å². The van der Waals surface area contributed by atoms with Gasteiger partial charge in [0.05, 0.1) is 5.75 Å². The first-order valence-corrected chi connectivity index (χ1v) is 10.0. The van der Waals surface area contributed by atoms with Gasteiger partial charge in [0, 0.05) is 24.3 Å². The molecule has 25 heavy (non-hydrogen) atoms. The number of benzene rings is 1. The SMILES string of the molecule is Cc1cc(NC(=O)CSc2ncnc3nc(N(C)C)sc23)ccc1Br. The monoisotopic (exact) mass is 437 g/mol. The van der Waals surface area contributed by atoms with E-state index in [2.05, 4.69) is 36.2 Å². The van der Waals surface area contributed by atoms with Crippen molar-refractivity contribution in [1.29, 1.82) is 0 Å². The number of nitrogens with one attached hydrogen (secondary N) is 1. The maximum absolute atomic E-state index is 12.2. The van der Waals surface area contributed by atoms with Crippen LogP contribution in [-0.2, 0) is 4.79 Å². The quantitative estimate of drug-likeness (QED) is 0.481. The zero-order chi connectivity index (χ0) is 18.0. The molecule has 2 heterocycles. The van der Waals surface area contributed by atoms with E-state index in [-0.39, 0.29) is 11.7 Å². The third kappa shape index (κ3) is 4.28. The molecule has 0 aliphatic rings. The molecule has 2 aromatic heterocycles. The third-order valence-electron chi connectivity index (χ3n) is 3.31. The Morgan fingerprint density at radius 2 is 2.16 bits per heavy atom. The number of carbonyl (C=O) groups is 1. The number of fused-ring (bicyclic) bond motifs is 1. The predicted molar refractivity (Wildman–Crippen MR) is 108 cm³/mol. The van der Waals surface area contributed by atoms with E-state index in [0.717, 1.165) is 30.6 Å². The lowest BCUT2D eigenvalue weighted by molar-refractivity contribution is -0.113. The second-order valence-corrected chi connectivity index (χ2v) is 8.32. The number of aryl methyl sites for hydroxylation is 1. The molecule has 3 rings (SSSR count). The molecule has 0 saturated carbocycles. The summed E-state index contributed by atoms with van der Waals surface area (Å²) in [5.41, 5.74) is 2.52. The lowest BCUT2D eigenvalue weighted by Crippen LogP contribution is -2.14. The van der Waals surface area contributed by atoms with Crippen LogP contribution in [0.2, 0.25) is 0 Å². The van der Waals surface area contributed by atoms with Crippen LogP contribution in [0, 0.1) is 6.92 Å². The number of thiazole rings is 1. The normalized spacial score (nSPS) is 10.9. The first-order valence-electron chi connectivity index (χ1n) is 7.41. The van der Waals surface area contributed by atoms with Gasteiger partial charge in [-0.15, -0.1) is 0 Å². The van der Waals surface area contributed by atoms with Crippen LogP contribution in [-0.4, -0.2) is 40.7 Å². The molecule has 130 valence electrons. The van der Waals surface area contributed by atoms with E-state index in [1.165, 1.54) is 29.4 Å². The third-order valence-corrected chi connectivity index (χ3v) is 6.54. The van der Waals surface area contributed by atoms with Crippen LogP contribution in [0.5, 0.6) is 0 Å². The summed E-state index contributed by atoms with van der Waals surface area (Å²) in [5.74, 6) is 0.201. The van der Waals surface area contributed by atoms with Gasteiger partial charge in [-0.05, 0) is 30.7 Å². The summed E-state index contributed by atoms with van der Waals surface area (Å²) in [7, 11) is 3.87. The molecule has 6 nitrogen and oxygen atoms in total.